The summed E-state index contributed by atoms with van der Waals surface area (Å²) in [7, 11) is -3.04. The van der Waals surface area contributed by atoms with Gasteiger partial charge in [0.25, 0.3) is 5.91 Å². The van der Waals surface area contributed by atoms with Crippen molar-refractivity contribution in [2.45, 2.75) is 25.9 Å². The Balaban J connectivity index is 1.81. The number of hydrogen-bond acceptors (Lipinski definition) is 6. The van der Waals surface area contributed by atoms with Crippen molar-refractivity contribution in [3.05, 3.63) is 23.4 Å². The van der Waals surface area contributed by atoms with Crippen LogP contribution in [0.1, 0.15) is 19.8 Å². The lowest BCUT2D eigenvalue weighted by molar-refractivity contribution is -0.153. The topological polar surface area (TPSA) is 102 Å². The maximum absolute atomic E-state index is 11.9. The highest BCUT2D eigenvalue weighted by atomic mass is 35.5. The van der Waals surface area contributed by atoms with Gasteiger partial charge in [-0.3, -0.25) is 9.59 Å². The lowest BCUT2D eigenvalue weighted by atomic mass is 10.1. The molecule has 1 fully saturated rings. The number of anilines is 1. The molecule has 9 heteroatoms. The van der Waals surface area contributed by atoms with Crippen LogP contribution in [0.15, 0.2) is 18.3 Å². The molecule has 0 aromatic carbocycles. The summed E-state index contributed by atoms with van der Waals surface area (Å²) < 4.78 is 27.7. The Morgan fingerprint density at radius 2 is 2.22 bits per heavy atom. The number of carbonyl (C=O) groups is 2. The molecule has 1 saturated heterocycles. The number of esters is 1. The molecule has 2 heterocycles. The van der Waals surface area contributed by atoms with Crippen molar-refractivity contribution < 1.29 is 22.7 Å². The van der Waals surface area contributed by atoms with Gasteiger partial charge in [-0.15, -0.1) is 0 Å². The number of nitrogens with one attached hydrogen (secondary N) is 1. The molecule has 1 aromatic heterocycles. The quantitative estimate of drug-likeness (QED) is 0.797. The van der Waals surface area contributed by atoms with Crippen molar-refractivity contribution in [2.24, 2.45) is 5.92 Å². The molecule has 1 aliphatic rings. The molecule has 0 spiro atoms. The molecule has 1 N–H and O–H groups in total. The van der Waals surface area contributed by atoms with Crippen LogP contribution in [0.25, 0.3) is 0 Å². The summed E-state index contributed by atoms with van der Waals surface area (Å²) in [6.45, 7) is 1.44. The minimum atomic E-state index is -3.04. The van der Waals surface area contributed by atoms with Gasteiger partial charge in [-0.1, -0.05) is 11.6 Å². The van der Waals surface area contributed by atoms with E-state index >= 15 is 0 Å². The van der Waals surface area contributed by atoms with Crippen LogP contribution in [-0.2, 0) is 24.2 Å². The summed E-state index contributed by atoms with van der Waals surface area (Å²) in [6.07, 6.45) is 0.829. The van der Waals surface area contributed by atoms with Gasteiger partial charge < -0.3 is 10.1 Å². The number of hydrogen-bond donors (Lipinski definition) is 1. The number of carbonyl (C=O) groups excluding carboxylic acids is 2. The van der Waals surface area contributed by atoms with Gasteiger partial charge in [0.2, 0.25) is 0 Å². The normalized spacial score (nSPS) is 20.7. The Kier molecular flexibility index (Phi) is 5.59. The zero-order valence-electron chi connectivity index (χ0n) is 12.5. The van der Waals surface area contributed by atoms with E-state index in [1.54, 1.807) is 6.07 Å². The van der Waals surface area contributed by atoms with E-state index in [1.807, 2.05) is 0 Å². The second-order valence-electron chi connectivity index (χ2n) is 5.46. The van der Waals surface area contributed by atoms with E-state index in [1.165, 1.54) is 19.2 Å². The van der Waals surface area contributed by atoms with E-state index in [-0.39, 0.29) is 23.8 Å². The highest BCUT2D eigenvalue weighted by Crippen LogP contribution is 2.22. The minimum absolute atomic E-state index is 0.00261. The maximum Gasteiger partial charge on any atom is 0.306 e. The van der Waals surface area contributed by atoms with E-state index in [4.69, 9.17) is 16.3 Å². The number of amides is 1. The summed E-state index contributed by atoms with van der Waals surface area (Å²) in [5, 5.41) is 2.94. The summed E-state index contributed by atoms with van der Waals surface area (Å²) in [5.41, 5.74) is 0. The molecule has 1 aliphatic heterocycles. The fourth-order valence-corrected chi connectivity index (χ4v) is 4.22. The lowest BCUT2D eigenvalue weighted by Crippen LogP contribution is -2.30. The van der Waals surface area contributed by atoms with Crippen LogP contribution >= 0.6 is 11.6 Å². The number of pyridine rings is 1. The van der Waals surface area contributed by atoms with Crippen LogP contribution < -0.4 is 5.32 Å². The molecule has 0 radical (unpaired) electrons. The monoisotopic (exact) mass is 360 g/mol. The second kappa shape index (κ2) is 7.27. The summed E-state index contributed by atoms with van der Waals surface area (Å²) >= 11 is 5.69. The Bertz CT molecular complexity index is 690. The molecule has 2 rings (SSSR count). The number of ether oxygens (including phenoxy) is 1. The predicted octanol–water partition coefficient (Wildman–Crippen LogP) is 1.43. The molecule has 0 bridgehead atoms. The lowest BCUT2D eigenvalue weighted by Gasteiger charge is -2.14. The Hall–Kier alpha value is -1.67. The smallest absolute Gasteiger partial charge is 0.306 e. The molecule has 126 valence electrons. The second-order valence-corrected chi connectivity index (χ2v) is 8.12. The fraction of sp³-hybridized carbons (Fsp3) is 0.500. The summed E-state index contributed by atoms with van der Waals surface area (Å²) in [5.74, 6) is -0.948. The Morgan fingerprint density at radius 1 is 1.48 bits per heavy atom. The predicted molar refractivity (Wildman–Crippen MR) is 84.8 cm³/mol. The van der Waals surface area contributed by atoms with Crippen LogP contribution in [0.4, 0.5) is 5.82 Å². The number of nitrogens with zero attached hydrogens (tertiary/aromatic N) is 1. The van der Waals surface area contributed by atoms with Gasteiger partial charge in [-0.25, -0.2) is 13.4 Å². The third-order valence-electron chi connectivity index (χ3n) is 3.44. The fourth-order valence-electron chi connectivity index (χ4n) is 2.25. The van der Waals surface area contributed by atoms with Crippen LogP contribution in [0.2, 0.25) is 5.02 Å². The van der Waals surface area contributed by atoms with Gasteiger partial charge in [-0.2, -0.15) is 0 Å². The van der Waals surface area contributed by atoms with Crippen LogP contribution in [0.3, 0.4) is 0 Å². The van der Waals surface area contributed by atoms with Gasteiger partial charge in [0.15, 0.2) is 15.9 Å². The first kappa shape index (κ1) is 17.7. The van der Waals surface area contributed by atoms with Gasteiger partial charge >= 0.3 is 5.97 Å². The van der Waals surface area contributed by atoms with E-state index in [2.05, 4.69) is 10.3 Å². The largest absolute Gasteiger partial charge is 0.453 e. The van der Waals surface area contributed by atoms with Crippen LogP contribution in [0, 0.1) is 5.92 Å². The van der Waals surface area contributed by atoms with E-state index < -0.39 is 27.8 Å². The van der Waals surface area contributed by atoms with Gasteiger partial charge in [0.05, 0.1) is 16.5 Å². The van der Waals surface area contributed by atoms with Crippen molar-refractivity contribution in [3.63, 3.8) is 0 Å². The zero-order valence-corrected chi connectivity index (χ0v) is 14.1. The first-order chi connectivity index (χ1) is 10.7. The Labute approximate surface area is 139 Å². The standard InChI is InChI=1S/C14H17ClN2O5S/c1-9(14(19)17-12-3-2-11(15)7-16-12)22-13(18)6-10-4-5-23(20,21)8-10/h2-3,7,9-10H,4-6,8H2,1H3,(H,16,17,19)/t9-,10-/m1/s1. The minimum Gasteiger partial charge on any atom is -0.453 e. The highest BCUT2D eigenvalue weighted by molar-refractivity contribution is 7.91. The molecule has 1 aromatic rings. The summed E-state index contributed by atoms with van der Waals surface area (Å²) in [4.78, 5) is 27.6. The molecular weight excluding hydrogens is 344 g/mol. The van der Waals surface area contributed by atoms with Crippen LogP contribution in [-0.4, -0.2) is 42.9 Å². The number of sulfone groups is 1. The average molecular weight is 361 g/mol. The van der Waals surface area contributed by atoms with E-state index in [0.29, 0.717) is 17.3 Å². The van der Waals surface area contributed by atoms with Crippen molar-refractivity contribution in [2.75, 3.05) is 16.8 Å². The van der Waals surface area contributed by atoms with Crippen LogP contribution in [0.5, 0.6) is 0 Å². The van der Waals surface area contributed by atoms with Gasteiger partial charge in [0.1, 0.15) is 5.82 Å². The van der Waals surface area contributed by atoms with Crippen molar-refractivity contribution in [1.82, 2.24) is 4.98 Å². The number of aromatic nitrogens is 1. The first-order valence-corrected chi connectivity index (χ1v) is 9.27. The molecule has 1 amide bonds. The SMILES string of the molecule is C[C@@H](OC(=O)C[C@H]1CCS(=O)(=O)C1)C(=O)Nc1ccc(Cl)cn1. The molecule has 23 heavy (non-hydrogen) atoms. The third-order valence-corrected chi connectivity index (χ3v) is 5.50. The molecular formula is C14H17ClN2O5S. The number of rotatable bonds is 5. The summed E-state index contributed by atoms with van der Waals surface area (Å²) in [6, 6.07) is 3.10. The third kappa shape index (κ3) is 5.47. The highest BCUT2D eigenvalue weighted by Gasteiger charge is 2.30. The van der Waals surface area contributed by atoms with E-state index in [9.17, 15) is 18.0 Å². The van der Waals surface area contributed by atoms with Crippen molar-refractivity contribution in [1.29, 1.82) is 0 Å². The van der Waals surface area contributed by atoms with Gasteiger partial charge in [-0.05, 0) is 31.4 Å². The molecule has 0 unspecified atom stereocenters. The molecule has 2 atom stereocenters. The van der Waals surface area contributed by atoms with E-state index in [0.717, 1.165) is 0 Å². The van der Waals surface area contributed by atoms with Crippen molar-refractivity contribution >= 4 is 39.1 Å². The maximum atomic E-state index is 11.9. The average Bonchev–Trinajstić information content (AvgIpc) is 2.80. The molecule has 7 nitrogen and oxygen atoms in total. The van der Waals surface area contributed by atoms with Crippen molar-refractivity contribution in [3.8, 4) is 0 Å². The molecule has 0 aliphatic carbocycles. The first-order valence-electron chi connectivity index (χ1n) is 7.07. The zero-order chi connectivity index (χ0) is 17.0. The molecule has 0 saturated carbocycles. The Morgan fingerprint density at radius 3 is 2.78 bits per heavy atom. The number of halogens is 1. The van der Waals surface area contributed by atoms with Gasteiger partial charge in [0, 0.05) is 12.6 Å².